The molecule has 0 spiro atoms. The fourth-order valence-electron chi connectivity index (χ4n) is 4.08. The van der Waals surface area contributed by atoms with Gasteiger partial charge in [0, 0.05) is 25.0 Å². The third-order valence-electron chi connectivity index (χ3n) is 6.32. The van der Waals surface area contributed by atoms with Crippen LogP contribution in [0.1, 0.15) is 11.1 Å². The molecule has 0 atom stereocenters. The summed E-state index contributed by atoms with van der Waals surface area (Å²) >= 11 is 1.41. The topological polar surface area (TPSA) is 85.5 Å². The van der Waals surface area contributed by atoms with Crippen molar-refractivity contribution in [3.63, 3.8) is 0 Å². The number of thiazole rings is 1. The van der Waals surface area contributed by atoms with Crippen LogP contribution in [0.3, 0.4) is 0 Å². The first-order valence-corrected chi connectivity index (χ1v) is 15.4. The zero-order valence-corrected chi connectivity index (χ0v) is 25.0. The normalized spacial score (nSPS) is 12.2. The van der Waals surface area contributed by atoms with Crippen LogP contribution < -0.4 is 14.3 Å². The van der Waals surface area contributed by atoms with E-state index >= 15 is 0 Å². The molecule has 0 radical (unpaired) electrons. The first kappa shape index (κ1) is 29.0. The molecule has 0 unspecified atom stereocenters. The Morgan fingerprint density at radius 3 is 2.33 bits per heavy atom. The highest BCUT2D eigenvalue weighted by atomic mass is 32.2. The van der Waals surface area contributed by atoms with E-state index in [-0.39, 0.29) is 4.90 Å². The molecule has 0 fully saturated rings. The maximum atomic E-state index is 12.7. The molecule has 10 heteroatoms. The second-order valence-electron chi connectivity index (χ2n) is 9.41. The fraction of sp³-hybridized carbons (Fsp3) is 0.125. The SMILES string of the molecule is COc1ccc(/C=N\n2c(-c3ccccc3)csc2=Nc2cccc(S(=O)(=O)N(C)C)c2)cc1OCc1ccccc1. The van der Waals surface area contributed by atoms with E-state index in [1.165, 1.54) is 29.7 Å². The number of aromatic nitrogens is 1. The Kier molecular flexibility index (Phi) is 8.97. The first-order valence-electron chi connectivity index (χ1n) is 13.1. The second-order valence-corrected chi connectivity index (χ2v) is 12.4. The number of sulfonamides is 1. The third-order valence-corrected chi connectivity index (χ3v) is 8.95. The van der Waals surface area contributed by atoms with E-state index in [4.69, 9.17) is 19.6 Å². The molecule has 5 aromatic rings. The van der Waals surface area contributed by atoms with Gasteiger partial charge in [-0.15, -0.1) is 11.3 Å². The van der Waals surface area contributed by atoms with Gasteiger partial charge in [0.25, 0.3) is 0 Å². The quantitative estimate of drug-likeness (QED) is 0.180. The summed E-state index contributed by atoms with van der Waals surface area (Å²) in [6, 6.07) is 32.0. The minimum atomic E-state index is -3.60. The van der Waals surface area contributed by atoms with Crippen LogP contribution in [0.15, 0.2) is 123 Å². The van der Waals surface area contributed by atoms with Gasteiger partial charge in [-0.3, -0.25) is 0 Å². The molecular formula is C32H30N4O4S2. The summed E-state index contributed by atoms with van der Waals surface area (Å²) in [5.41, 5.74) is 4.18. The van der Waals surface area contributed by atoms with E-state index in [1.54, 1.807) is 42.3 Å². The van der Waals surface area contributed by atoms with Crippen molar-refractivity contribution in [2.24, 2.45) is 10.1 Å². The maximum Gasteiger partial charge on any atom is 0.242 e. The lowest BCUT2D eigenvalue weighted by atomic mass is 10.2. The van der Waals surface area contributed by atoms with Crippen molar-refractivity contribution in [3.8, 4) is 22.8 Å². The number of hydrogen-bond donors (Lipinski definition) is 0. The molecule has 0 aliphatic heterocycles. The van der Waals surface area contributed by atoms with E-state index in [1.807, 2.05) is 84.2 Å². The summed E-state index contributed by atoms with van der Waals surface area (Å²) in [6.45, 7) is 0.404. The average Bonchev–Trinajstić information content (AvgIpc) is 3.42. The zero-order chi connectivity index (χ0) is 29.5. The summed E-state index contributed by atoms with van der Waals surface area (Å²) in [4.78, 5) is 5.53. The molecule has 0 aliphatic carbocycles. The predicted octanol–water partition coefficient (Wildman–Crippen LogP) is 6.17. The number of rotatable bonds is 10. The van der Waals surface area contributed by atoms with Crippen molar-refractivity contribution in [2.75, 3.05) is 21.2 Å². The second kappa shape index (κ2) is 13.0. The van der Waals surface area contributed by atoms with Crippen LogP contribution in [0.4, 0.5) is 5.69 Å². The minimum Gasteiger partial charge on any atom is -0.493 e. The van der Waals surface area contributed by atoms with Crippen molar-refractivity contribution in [1.82, 2.24) is 8.98 Å². The summed E-state index contributed by atoms with van der Waals surface area (Å²) in [5.74, 6) is 1.23. The Hall–Kier alpha value is -4.51. The average molecular weight is 599 g/mol. The Labute approximate surface area is 249 Å². The molecule has 0 saturated heterocycles. The molecule has 0 aliphatic rings. The highest BCUT2D eigenvalue weighted by molar-refractivity contribution is 7.89. The van der Waals surface area contributed by atoms with Gasteiger partial charge in [-0.25, -0.2) is 22.4 Å². The van der Waals surface area contributed by atoms with Gasteiger partial charge in [0.15, 0.2) is 11.5 Å². The smallest absolute Gasteiger partial charge is 0.242 e. The van der Waals surface area contributed by atoms with Gasteiger partial charge < -0.3 is 9.47 Å². The van der Waals surface area contributed by atoms with Crippen molar-refractivity contribution in [3.05, 3.63) is 124 Å². The van der Waals surface area contributed by atoms with E-state index < -0.39 is 10.0 Å². The van der Waals surface area contributed by atoms with Crippen LogP contribution in [0.25, 0.3) is 11.3 Å². The van der Waals surface area contributed by atoms with Crippen molar-refractivity contribution in [2.45, 2.75) is 11.5 Å². The van der Waals surface area contributed by atoms with Crippen LogP contribution >= 0.6 is 11.3 Å². The summed E-state index contributed by atoms with van der Waals surface area (Å²) in [5, 5.41) is 6.79. The third kappa shape index (κ3) is 6.68. The molecule has 0 N–H and O–H groups in total. The van der Waals surface area contributed by atoms with E-state index in [0.29, 0.717) is 28.6 Å². The van der Waals surface area contributed by atoms with Gasteiger partial charge in [0.1, 0.15) is 6.61 Å². The summed E-state index contributed by atoms with van der Waals surface area (Å²) in [7, 11) is 1.02. The summed E-state index contributed by atoms with van der Waals surface area (Å²) < 4.78 is 39.9. The molecule has 8 nitrogen and oxygen atoms in total. The van der Waals surface area contributed by atoms with Gasteiger partial charge >= 0.3 is 0 Å². The number of benzene rings is 4. The van der Waals surface area contributed by atoms with Crippen molar-refractivity contribution >= 4 is 33.3 Å². The lowest BCUT2D eigenvalue weighted by Gasteiger charge is -2.11. The predicted molar refractivity (Wildman–Crippen MR) is 167 cm³/mol. The largest absolute Gasteiger partial charge is 0.493 e. The number of hydrogen-bond acceptors (Lipinski definition) is 7. The van der Waals surface area contributed by atoms with E-state index in [9.17, 15) is 8.42 Å². The molecule has 5 rings (SSSR count). The minimum absolute atomic E-state index is 0.171. The molecular weight excluding hydrogens is 569 g/mol. The van der Waals surface area contributed by atoms with Gasteiger partial charge in [-0.05, 0) is 47.5 Å². The van der Waals surface area contributed by atoms with Crippen LogP contribution in [0, 0.1) is 0 Å². The van der Waals surface area contributed by atoms with Crippen LogP contribution in [0.5, 0.6) is 11.5 Å². The number of nitrogens with zero attached hydrogens (tertiary/aromatic N) is 4. The van der Waals surface area contributed by atoms with Gasteiger partial charge in [-0.2, -0.15) is 5.10 Å². The Morgan fingerprint density at radius 1 is 0.881 bits per heavy atom. The molecule has 0 amide bonds. The Bertz CT molecular complexity index is 1860. The maximum absolute atomic E-state index is 12.7. The summed E-state index contributed by atoms with van der Waals surface area (Å²) in [6.07, 6.45) is 1.74. The standard InChI is InChI=1S/C32H30N4O4S2/c1-35(2)42(37,38)28-16-10-15-27(20-28)34-32-36(29(23-41-32)26-13-8-5-9-14-26)33-21-25-17-18-30(39-3)31(19-25)40-22-24-11-6-4-7-12-24/h4-21,23H,22H2,1-3H3/b33-21-,34-32?. The lowest BCUT2D eigenvalue weighted by molar-refractivity contribution is 0.284. The molecule has 1 aromatic heterocycles. The molecule has 42 heavy (non-hydrogen) atoms. The number of methoxy groups -OCH3 is 1. The van der Waals surface area contributed by atoms with Gasteiger partial charge in [0.2, 0.25) is 14.8 Å². The van der Waals surface area contributed by atoms with Crippen molar-refractivity contribution < 1.29 is 17.9 Å². The van der Waals surface area contributed by atoms with Gasteiger partial charge in [0.05, 0.1) is 29.6 Å². The highest BCUT2D eigenvalue weighted by Crippen LogP contribution is 2.29. The lowest BCUT2D eigenvalue weighted by Crippen LogP contribution is -2.22. The zero-order valence-electron chi connectivity index (χ0n) is 23.4. The highest BCUT2D eigenvalue weighted by Gasteiger charge is 2.17. The molecule has 0 bridgehead atoms. The molecule has 214 valence electrons. The molecule has 0 saturated carbocycles. The van der Waals surface area contributed by atoms with Crippen LogP contribution in [-0.4, -0.2) is 44.8 Å². The molecule has 1 heterocycles. The van der Waals surface area contributed by atoms with Crippen molar-refractivity contribution in [1.29, 1.82) is 0 Å². The molecule has 4 aromatic carbocycles. The van der Waals surface area contributed by atoms with Crippen LogP contribution in [0.2, 0.25) is 0 Å². The van der Waals surface area contributed by atoms with Gasteiger partial charge in [-0.1, -0.05) is 66.7 Å². The van der Waals surface area contributed by atoms with E-state index in [2.05, 4.69) is 0 Å². The van der Waals surface area contributed by atoms with Crippen LogP contribution in [-0.2, 0) is 16.6 Å². The first-order chi connectivity index (χ1) is 20.3. The Morgan fingerprint density at radius 2 is 1.62 bits per heavy atom. The monoisotopic (exact) mass is 598 g/mol. The fourth-order valence-corrected chi connectivity index (χ4v) is 5.88. The number of ether oxygens (including phenoxy) is 2. The van der Waals surface area contributed by atoms with E-state index in [0.717, 1.165) is 22.4 Å². The Balaban J connectivity index is 1.53.